The number of hydrogen-bond donors (Lipinski definition) is 1. The minimum absolute atomic E-state index is 0.0462. The zero-order valence-electron chi connectivity index (χ0n) is 12.3. The summed E-state index contributed by atoms with van der Waals surface area (Å²) < 4.78 is 5.55. The van der Waals surface area contributed by atoms with E-state index in [-0.39, 0.29) is 25.2 Å². The molecule has 2 heterocycles. The molecule has 0 radical (unpaired) electrons. The van der Waals surface area contributed by atoms with Crippen LogP contribution in [0.25, 0.3) is 0 Å². The second-order valence-corrected chi connectivity index (χ2v) is 6.66. The molecule has 2 fully saturated rings. The molecule has 7 heteroatoms. The molecule has 0 aromatic heterocycles. The number of rotatable bonds is 4. The van der Waals surface area contributed by atoms with Crippen LogP contribution in [0.3, 0.4) is 0 Å². The predicted molar refractivity (Wildman–Crippen MR) is 81.7 cm³/mol. The molecule has 2 rings (SSSR count). The van der Waals surface area contributed by atoms with Crippen LogP contribution in [0.4, 0.5) is 4.79 Å². The third-order valence-electron chi connectivity index (χ3n) is 3.87. The molecule has 21 heavy (non-hydrogen) atoms. The topological polar surface area (TPSA) is 70.1 Å². The highest BCUT2D eigenvalue weighted by Crippen LogP contribution is 2.17. The molecule has 0 spiro atoms. The van der Waals surface area contributed by atoms with Crippen molar-refractivity contribution in [3.8, 4) is 0 Å². The molecule has 0 aromatic rings. The van der Waals surface area contributed by atoms with E-state index in [9.17, 15) is 9.59 Å². The van der Waals surface area contributed by atoms with Crippen LogP contribution in [0.1, 0.15) is 25.7 Å². The fourth-order valence-electron chi connectivity index (χ4n) is 2.66. The lowest BCUT2D eigenvalue weighted by Crippen LogP contribution is -2.48. The lowest BCUT2D eigenvalue weighted by Gasteiger charge is -2.35. The van der Waals surface area contributed by atoms with E-state index >= 15 is 0 Å². The van der Waals surface area contributed by atoms with E-state index in [2.05, 4.69) is 0 Å². The van der Waals surface area contributed by atoms with Gasteiger partial charge in [0, 0.05) is 31.9 Å². The molecule has 2 aliphatic rings. The quantitative estimate of drug-likeness (QED) is 0.851. The van der Waals surface area contributed by atoms with Crippen molar-refractivity contribution in [2.75, 3.05) is 44.3 Å². The summed E-state index contributed by atoms with van der Waals surface area (Å²) in [5.74, 6) is 1.34. The standard InChI is InChI=1S/C14H24N2O4S/c17-13(18)4-9-20-12-2-6-16(7-3-12)14(19)15-5-1-10-21-11-8-15/h12H,1-11H2,(H,17,18). The Bertz CT molecular complexity index is 351. The maximum Gasteiger partial charge on any atom is 0.320 e. The molecule has 0 aliphatic carbocycles. The molecule has 1 N–H and O–H groups in total. The highest BCUT2D eigenvalue weighted by Gasteiger charge is 2.27. The summed E-state index contributed by atoms with van der Waals surface area (Å²) in [7, 11) is 0. The summed E-state index contributed by atoms with van der Waals surface area (Å²) in [5, 5.41) is 8.58. The van der Waals surface area contributed by atoms with Gasteiger partial charge in [0.25, 0.3) is 0 Å². The third kappa shape index (κ3) is 5.39. The number of aliphatic carboxylic acids is 1. The highest BCUT2D eigenvalue weighted by atomic mass is 32.2. The van der Waals surface area contributed by atoms with Crippen LogP contribution in [0.5, 0.6) is 0 Å². The Hall–Kier alpha value is -0.950. The highest BCUT2D eigenvalue weighted by molar-refractivity contribution is 7.99. The van der Waals surface area contributed by atoms with Gasteiger partial charge in [-0.2, -0.15) is 11.8 Å². The van der Waals surface area contributed by atoms with Crippen LogP contribution in [-0.2, 0) is 9.53 Å². The number of likely N-dealkylation sites (tertiary alicyclic amines) is 1. The zero-order chi connectivity index (χ0) is 15.1. The Balaban J connectivity index is 1.70. The van der Waals surface area contributed by atoms with E-state index in [1.54, 1.807) is 0 Å². The summed E-state index contributed by atoms with van der Waals surface area (Å²) in [4.78, 5) is 26.8. The molecule has 0 aromatic carbocycles. The molecule has 0 atom stereocenters. The number of amides is 2. The van der Waals surface area contributed by atoms with Gasteiger partial charge in [-0.15, -0.1) is 0 Å². The second kappa shape index (κ2) is 8.48. The number of urea groups is 1. The van der Waals surface area contributed by atoms with E-state index in [1.807, 2.05) is 21.6 Å². The number of ether oxygens (including phenoxy) is 1. The second-order valence-electron chi connectivity index (χ2n) is 5.44. The van der Waals surface area contributed by atoms with Crippen LogP contribution in [0.15, 0.2) is 0 Å². The minimum atomic E-state index is -0.832. The monoisotopic (exact) mass is 316 g/mol. The van der Waals surface area contributed by atoms with Crippen molar-refractivity contribution in [2.24, 2.45) is 0 Å². The summed E-state index contributed by atoms with van der Waals surface area (Å²) >= 11 is 1.91. The Kier molecular flexibility index (Phi) is 6.63. The van der Waals surface area contributed by atoms with Crippen LogP contribution in [-0.4, -0.2) is 77.3 Å². The summed E-state index contributed by atoms with van der Waals surface area (Å²) in [5.41, 5.74) is 0. The normalized spacial score (nSPS) is 21.1. The molecule has 2 saturated heterocycles. The molecule has 0 saturated carbocycles. The first kappa shape index (κ1) is 16.4. The molecule has 2 aliphatic heterocycles. The van der Waals surface area contributed by atoms with Crippen molar-refractivity contribution in [1.82, 2.24) is 9.80 Å². The van der Waals surface area contributed by atoms with Gasteiger partial charge in [-0.25, -0.2) is 4.79 Å². The van der Waals surface area contributed by atoms with Gasteiger partial charge in [0.15, 0.2) is 0 Å². The van der Waals surface area contributed by atoms with Gasteiger partial charge < -0.3 is 19.6 Å². The number of piperidine rings is 1. The molecule has 6 nitrogen and oxygen atoms in total. The maximum absolute atomic E-state index is 12.4. The molecule has 120 valence electrons. The minimum Gasteiger partial charge on any atom is -0.481 e. The van der Waals surface area contributed by atoms with E-state index in [0.29, 0.717) is 13.1 Å². The van der Waals surface area contributed by atoms with Crippen molar-refractivity contribution in [2.45, 2.75) is 31.8 Å². The first-order valence-corrected chi connectivity index (χ1v) is 8.77. The summed E-state index contributed by atoms with van der Waals surface area (Å²) in [6, 6.07) is 0.154. The van der Waals surface area contributed by atoms with E-state index in [0.717, 1.165) is 43.9 Å². The number of carbonyl (C=O) groups is 2. The van der Waals surface area contributed by atoms with Gasteiger partial charge in [-0.05, 0) is 25.0 Å². The van der Waals surface area contributed by atoms with Crippen molar-refractivity contribution < 1.29 is 19.4 Å². The average Bonchev–Trinajstić information content (AvgIpc) is 2.76. The number of thioether (sulfide) groups is 1. The number of carbonyl (C=O) groups excluding carboxylic acids is 1. The smallest absolute Gasteiger partial charge is 0.320 e. The van der Waals surface area contributed by atoms with Gasteiger partial charge in [0.1, 0.15) is 0 Å². The molecule has 0 unspecified atom stereocenters. The number of hydrogen-bond acceptors (Lipinski definition) is 4. The van der Waals surface area contributed by atoms with Gasteiger partial charge in [0.2, 0.25) is 0 Å². The largest absolute Gasteiger partial charge is 0.481 e. The summed E-state index contributed by atoms with van der Waals surface area (Å²) in [6.07, 6.45) is 2.81. The number of carboxylic acid groups (broad SMARTS) is 1. The lowest BCUT2D eigenvalue weighted by molar-refractivity contribution is -0.138. The molecular formula is C14H24N2O4S. The zero-order valence-corrected chi connectivity index (χ0v) is 13.1. The lowest BCUT2D eigenvalue weighted by atomic mass is 10.1. The van der Waals surface area contributed by atoms with E-state index in [1.165, 1.54) is 0 Å². The fourth-order valence-corrected chi connectivity index (χ4v) is 3.55. The fraction of sp³-hybridized carbons (Fsp3) is 0.857. The third-order valence-corrected chi connectivity index (χ3v) is 4.92. The van der Waals surface area contributed by atoms with Crippen molar-refractivity contribution in [1.29, 1.82) is 0 Å². The van der Waals surface area contributed by atoms with Gasteiger partial charge in [0.05, 0.1) is 19.1 Å². The average molecular weight is 316 g/mol. The van der Waals surface area contributed by atoms with Crippen molar-refractivity contribution in [3.05, 3.63) is 0 Å². The SMILES string of the molecule is O=C(O)CCOC1CCN(C(=O)N2CCCSCC2)CC1. The van der Waals surface area contributed by atoms with E-state index < -0.39 is 5.97 Å². The van der Waals surface area contributed by atoms with Crippen LogP contribution in [0.2, 0.25) is 0 Å². The first-order valence-electron chi connectivity index (χ1n) is 7.62. The maximum atomic E-state index is 12.4. The van der Waals surface area contributed by atoms with E-state index in [4.69, 9.17) is 9.84 Å². The van der Waals surface area contributed by atoms with Crippen molar-refractivity contribution >= 4 is 23.8 Å². The van der Waals surface area contributed by atoms with Gasteiger partial charge in [-0.3, -0.25) is 4.79 Å². The number of nitrogens with zero attached hydrogens (tertiary/aromatic N) is 2. The van der Waals surface area contributed by atoms with Crippen molar-refractivity contribution in [3.63, 3.8) is 0 Å². The first-order chi connectivity index (χ1) is 10.2. The van der Waals surface area contributed by atoms with Gasteiger partial charge in [-0.1, -0.05) is 0 Å². The molecular weight excluding hydrogens is 292 g/mol. The molecule has 2 amide bonds. The van der Waals surface area contributed by atoms with Gasteiger partial charge >= 0.3 is 12.0 Å². The number of carboxylic acids is 1. The summed E-state index contributed by atoms with van der Waals surface area (Å²) in [6.45, 7) is 3.39. The Morgan fingerprint density at radius 2 is 1.81 bits per heavy atom. The van der Waals surface area contributed by atoms with Crippen LogP contribution in [0, 0.1) is 0 Å². The Morgan fingerprint density at radius 1 is 1.10 bits per heavy atom. The Labute approximate surface area is 129 Å². The Morgan fingerprint density at radius 3 is 2.52 bits per heavy atom. The molecule has 0 bridgehead atoms. The van der Waals surface area contributed by atoms with Crippen LogP contribution >= 0.6 is 11.8 Å². The van der Waals surface area contributed by atoms with Crippen LogP contribution < -0.4 is 0 Å². The predicted octanol–water partition coefficient (Wildman–Crippen LogP) is 1.50.